The van der Waals surface area contributed by atoms with Crippen molar-refractivity contribution in [2.45, 2.75) is 19.8 Å². The van der Waals surface area contributed by atoms with Crippen LogP contribution in [0.4, 0.5) is 5.82 Å². The highest BCUT2D eigenvalue weighted by molar-refractivity contribution is 5.62. The lowest BCUT2D eigenvalue weighted by molar-refractivity contribution is -0.738. The number of rotatable bonds is 2. The summed E-state index contributed by atoms with van der Waals surface area (Å²) in [5, 5.41) is 0. The summed E-state index contributed by atoms with van der Waals surface area (Å²) < 4.78 is 4.50. The van der Waals surface area contributed by atoms with Crippen molar-refractivity contribution in [3.63, 3.8) is 0 Å². The molecule has 3 nitrogen and oxygen atoms in total. The minimum Gasteiger partial charge on any atom is -0.260 e. The van der Waals surface area contributed by atoms with Crippen molar-refractivity contribution in [1.82, 2.24) is 4.68 Å². The van der Waals surface area contributed by atoms with Gasteiger partial charge in [-0.15, -0.1) is 0 Å². The third kappa shape index (κ3) is 2.33. The number of benzene rings is 1. The molecule has 0 aliphatic carbocycles. The molecule has 1 aromatic carbocycles. The van der Waals surface area contributed by atoms with E-state index in [0.717, 1.165) is 5.92 Å². The molecule has 0 saturated carbocycles. The first-order valence-corrected chi connectivity index (χ1v) is 7.53. The summed E-state index contributed by atoms with van der Waals surface area (Å²) in [6.07, 6.45) is 2.66. The lowest BCUT2D eigenvalue weighted by atomic mass is 10.0. The van der Waals surface area contributed by atoms with Crippen molar-refractivity contribution in [2.24, 2.45) is 20.0 Å². The Morgan fingerprint density at radius 3 is 2.65 bits per heavy atom. The number of aromatic nitrogens is 2. The number of piperidine rings is 1. The van der Waals surface area contributed by atoms with E-state index in [4.69, 9.17) is 0 Å². The van der Waals surface area contributed by atoms with E-state index in [9.17, 15) is 0 Å². The molecule has 20 heavy (non-hydrogen) atoms. The molecule has 1 aliphatic rings. The second kappa shape index (κ2) is 5.31. The van der Waals surface area contributed by atoms with Gasteiger partial charge in [0.25, 0.3) is 5.82 Å². The minimum atomic E-state index is 0.795. The first kappa shape index (κ1) is 13.2. The van der Waals surface area contributed by atoms with Gasteiger partial charge in [-0.05, 0) is 18.8 Å². The quantitative estimate of drug-likeness (QED) is 0.764. The third-order valence-electron chi connectivity index (χ3n) is 4.45. The lowest BCUT2D eigenvalue weighted by Crippen LogP contribution is -2.46. The van der Waals surface area contributed by atoms with Crippen LogP contribution in [0.3, 0.4) is 0 Å². The highest BCUT2D eigenvalue weighted by atomic mass is 15.4. The SMILES string of the molecule is CC1CCCN(c2cc(-c3ccccc3)n(C)[n+]2C)C1. The first-order chi connectivity index (χ1) is 9.66. The van der Waals surface area contributed by atoms with Gasteiger partial charge in [0, 0.05) is 12.6 Å². The molecular weight excluding hydrogens is 246 g/mol. The highest BCUT2D eigenvalue weighted by Gasteiger charge is 2.27. The number of hydrogen-bond acceptors (Lipinski definition) is 1. The van der Waals surface area contributed by atoms with Gasteiger partial charge >= 0.3 is 0 Å². The lowest BCUT2D eigenvalue weighted by Gasteiger charge is -2.25. The average molecular weight is 270 g/mol. The maximum Gasteiger partial charge on any atom is 0.297 e. The van der Waals surface area contributed by atoms with Gasteiger partial charge < -0.3 is 0 Å². The van der Waals surface area contributed by atoms with Crippen LogP contribution in [0.1, 0.15) is 19.8 Å². The maximum absolute atomic E-state index is 2.53. The zero-order chi connectivity index (χ0) is 14.1. The van der Waals surface area contributed by atoms with E-state index >= 15 is 0 Å². The molecule has 0 spiro atoms. The molecule has 0 radical (unpaired) electrons. The third-order valence-corrected chi connectivity index (χ3v) is 4.45. The Morgan fingerprint density at radius 2 is 1.95 bits per heavy atom. The summed E-state index contributed by atoms with van der Waals surface area (Å²) in [5.41, 5.74) is 2.56. The molecule has 1 unspecified atom stereocenters. The summed E-state index contributed by atoms with van der Waals surface area (Å²) in [5.74, 6) is 2.13. The molecule has 3 heteroatoms. The summed E-state index contributed by atoms with van der Waals surface area (Å²) in [6, 6.07) is 13.0. The number of anilines is 1. The molecule has 1 saturated heterocycles. The highest BCUT2D eigenvalue weighted by Crippen LogP contribution is 2.25. The summed E-state index contributed by atoms with van der Waals surface area (Å²) in [7, 11) is 4.29. The second-order valence-corrected chi connectivity index (χ2v) is 5.99. The first-order valence-electron chi connectivity index (χ1n) is 7.53. The van der Waals surface area contributed by atoms with Gasteiger partial charge in [0.15, 0.2) is 0 Å². The molecule has 0 N–H and O–H groups in total. The van der Waals surface area contributed by atoms with E-state index in [0.29, 0.717) is 0 Å². The standard InChI is InChI=1S/C17H24N3/c1-14-8-7-11-20(13-14)17-12-16(18(2)19(17)3)15-9-5-4-6-10-15/h4-6,9-10,12,14H,7-8,11,13H2,1-3H3/q+1. The van der Waals surface area contributed by atoms with Gasteiger partial charge in [-0.3, -0.25) is 4.90 Å². The van der Waals surface area contributed by atoms with E-state index in [1.807, 2.05) is 0 Å². The van der Waals surface area contributed by atoms with Gasteiger partial charge in [0.1, 0.15) is 7.05 Å². The predicted molar refractivity (Wildman–Crippen MR) is 82.6 cm³/mol. The van der Waals surface area contributed by atoms with Gasteiger partial charge in [-0.1, -0.05) is 37.3 Å². The second-order valence-electron chi connectivity index (χ2n) is 5.99. The zero-order valence-corrected chi connectivity index (χ0v) is 12.7. The van der Waals surface area contributed by atoms with Crippen LogP contribution in [0.5, 0.6) is 0 Å². The fraction of sp³-hybridized carbons (Fsp3) is 0.471. The zero-order valence-electron chi connectivity index (χ0n) is 12.7. The Bertz CT molecular complexity index is 586. The molecule has 1 aromatic heterocycles. The monoisotopic (exact) mass is 270 g/mol. The van der Waals surface area contributed by atoms with Crippen LogP contribution in [0, 0.1) is 5.92 Å². The van der Waals surface area contributed by atoms with Crippen molar-refractivity contribution in [3.8, 4) is 11.3 Å². The summed E-state index contributed by atoms with van der Waals surface area (Å²) in [6.45, 7) is 4.70. The fourth-order valence-electron chi connectivity index (χ4n) is 3.20. The predicted octanol–water partition coefficient (Wildman–Crippen LogP) is 2.75. The van der Waals surface area contributed by atoms with Crippen LogP contribution in [-0.4, -0.2) is 17.8 Å². The van der Waals surface area contributed by atoms with E-state index in [1.165, 1.54) is 43.0 Å². The van der Waals surface area contributed by atoms with E-state index < -0.39 is 0 Å². The normalized spacial score (nSPS) is 19.4. The van der Waals surface area contributed by atoms with Crippen LogP contribution in [0.15, 0.2) is 36.4 Å². The number of nitrogens with zero attached hydrogens (tertiary/aromatic N) is 3. The van der Waals surface area contributed by atoms with Crippen LogP contribution in [-0.2, 0) is 14.1 Å². The van der Waals surface area contributed by atoms with Gasteiger partial charge in [-0.25, -0.2) is 4.68 Å². The van der Waals surface area contributed by atoms with E-state index in [2.05, 4.69) is 71.7 Å². The summed E-state index contributed by atoms with van der Waals surface area (Å²) >= 11 is 0. The number of hydrogen-bond donors (Lipinski definition) is 0. The van der Waals surface area contributed by atoms with Crippen LogP contribution >= 0.6 is 0 Å². The molecule has 1 atom stereocenters. The smallest absolute Gasteiger partial charge is 0.260 e. The van der Waals surface area contributed by atoms with Crippen molar-refractivity contribution in [1.29, 1.82) is 0 Å². The van der Waals surface area contributed by atoms with Crippen molar-refractivity contribution >= 4 is 5.82 Å². The van der Waals surface area contributed by atoms with Crippen molar-refractivity contribution in [3.05, 3.63) is 36.4 Å². The van der Waals surface area contributed by atoms with Crippen molar-refractivity contribution < 1.29 is 4.68 Å². The van der Waals surface area contributed by atoms with Gasteiger partial charge in [0.05, 0.1) is 24.8 Å². The Balaban J connectivity index is 1.97. The molecule has 2 heterocycles. The molecule has 0 amide bonds. The molecule has 1 aliphatic heterocycles. The Kier molecular flexibility index (Phi) is 3.51. The topological polar surface area (TPSA) is 12.1 Å². The van der Waals surface area contributed by atoms with Gasteiger partial charge in [-0.2, -0.15) is 4.68 Å². The molecule has 1 fully saturated rings. The molecule has 3 rings (SSSR count). The average Bonchev–Trinajstić information content (AvgIpc) is 2.76. The molecular formula is C17H24N3+. The largest absolute Gasteiger partial charge is 0.297 e. The minimum absolute atomic E-state index is 0.795. The van der Waals surface area contributed by atoms with E-state index in [1.54, 1.807) is 0 Å². The maximum atomic E-state index is 2.53. The molecule has 2 aromatic rings. The van der Waals surface area contributed by atoms with Gasteiger partial charge in [0.2, 0.25) is 0 Å². The van der Waals surface area contributed by atoms with Crippen LogP contribution < -0.4 is 9.58 Å². The summed E-state index contributed by atoms with van der Waals surface area (Å²) in [4.78, 5) is 2.53. The fourth-order valence-corrected chi connectivity index (χ4v) is 3.20. The Hall–Kier alpha value is -1.77. The Morgan fingerprint density at radius 1 is 1.20 bits per heavy atom. The molecule has 106 valence electrons. The van der Waals surface area contributed by atoms with Crippen molar-refractivity contribution in [2.75, 3.05) is 18.0 Å². The van der Waals surface area contributed by atoms with E-state index in [-0.39, 0.29) is 0 Å². The van der Waals surface area contributed by atoms with Crippen LogP contribution in [0.25, 0.3) is 11.3 Å². The molecule has 0 bridgehead atoms. The van der Waals surface area contributed by atoms with Crippen LogP contribution in [0.2, 0.25) is 0 Å². The Labute approximate surface area is 121 Å².